The zero-order valence-corrected chi connectivity index (χ0v) is 16.7. The minimum absolute atomic E-state index is 0. The maximum absolute atomic E-state index is 12.9. The molecule has 1 aliphatic heterocycles. The van der Waals surface area contributed by atoms with Crippen molar-refractivity contribution in [3.63, 3.8) is 0 Å². The Morgan fingerprint density at radius 1 is 1.38 bits per heavy atom. The second-order valence-electron chi connectivity index (χ2n) is 6.33. The molecule has 4 rings (SSSR count). The maximum atomic E-state index is 12.9. The molecule has 1 aliphatic rings. The summed E-state index contributed by atoms with van der Waals surface area (Å²) in [5.41, 5.74) is 7.66. The fraction of sp³-hybridized carbons (Fsp3) is 0.333. The van der Waals surface area contributed by atoms with Crippen molar-refractivity contribution in [2.24, 2.45) is 5.73 Å². The fourth-order valence-corrected chi connectivity index (χ4v) is 4.66. The van der Waals surface area contributed by atoms with Crippen LogP contribution in [0.15, 0.2) is 30.3 Å². The van der Waals surface area contributed by atoms with Crippen LogP contribution in [0.4, 0.5) is 0 Å². The second-order valence-corrected chi connectivity index (χ2v) is 7.80. The molecule has 0 aliphatic carbocycles. The number of carbonyl (C=O) groups is 1. The molecule has 1 atom stereocenters. The van der Waals surface area contributed by atoms with E-state index in [0.29, 0.717) is 11.6 Å². The van der Waals surface area contributed by atoms with Gasteiger partial charge in [0.1, 0.15) is 4.83 Å². The number of thiophene rings is 1. The van der Waals surface area contributed by atoms with Crippen LogP contribution in [0.5, 0.6) is 0 Å². The quantitative estimate of drug-likeness (QED) is 0.708. The highest BCUT2D eigenvalue weighted by atomic mass is 35.5. The van der Waals surface area contributed by atoms with Crippen LogP contribution < -0.4 is 5.73 Å². The van der Waals surface area contributed by atoms with Crippen LogP contribution in [-0.4, -0.2) is 39.7 Å². The van der Waals surface area contributed by atoms with E-state index in [0.717, 1.165) is 45.9 Å². The topological polar surface area (TPSA) is 64.2 Å². The average molecular weight is 411 g/mol. The van der Waals surface area contributed by atoms with Crippen molar-refractivity contribution in [1.29, 1.82) is 0 Å². The number of hydrogen-bond acceptors (Lipinski definition) is 4. The Hall–Kier alpha value is -1.60. The van der Waals surface area contributed by atoms with Crippen LogP contribution in [0, 0.1) is 6.92 Å². The molecule has 1 aromatic carbocycles. The van der Waals surface area contributed by atoms with Gasteiger partial charge in [0.15, 0.2) is 0 Å². The summed E-state index contributed by atoms with van der Waals surface area (Å²) < 4.78 is 1.88. The number of fused-ring (bicyclic) bond motifs is 1. The molecule has 2 N–H and O–H groups in total. The smallest absolute Gasteiger partial charge is 0.264 e. The number of carbonyl (C=O) groups excluding carboxylic acids is 1. The van der Waals surface area contributed by atoms with Gasteiger partial charge in [-0.15, -0.1) is 23.7 Å². The number of hydrogen-bond donors (Lipinski definition) is 1. The van der Waals surface area contributed by atoms with E-state index in [4.69, 9.17) is 17.3 Å². The Balaban J connectivity index is 0.00000196. The van der Waals surface area contributed by atoms with Gasteiger partial charge in [0.2, 0.25) is 0 Å². The van der Waals surface area contributed by atoms with Crippen molar-refractivity contribution < 1.29 is 4.79 Å². The molecule has 1 unspecified atom stereocenters. The number of rotatable bonds is 3. The number of likely N-dealkylation sites (tertiary alicyclic amines) is 1. The van der Waals surface area contributed by atoms with E-state index in [-0.39, 0.29) is 24.4 Å². The van der Waals surface area contributed by atoms with E-state index in [9.17, 15) is 4.79 Å². The average Bonchev–Trinajstić information content (AvgIpc) is 3.31. The van der Waals surface area contributed by atoms with Gasteiger partial charge in [0, 0.05) is 29.5 Å². The zero-order valence-electron chi connectivity index (χ0n) is 14.3. The van der Waals surface area contributed by atoms with Crippen molar-refractivity contribution in [2.45, 2.75) is 25.8 Å². The highest BCUT2D eigenvalue weighted by molar-refractivity contribution is 7.20. The molecule has 26 heavy (non-hydrogen) atoms. The van der Waals surface area contributed by atoms with E-state index < -0.39 is 0 Å². The molecule has 3 heterocycles. The molecule has 0 radical (unpaired) electrons. The number of nitrogens with two attached hydrogens (primary N) is 1. The largest absolute Gasteiger partial charge is 0.334 e. The summed E-state index contributed by atoms with van der Waals surface area (Å²) in [6, 6.07) is 9.67. The summed E-state index contributed by atoms with van der Waals surface area (Å²) in [7, 11) is 0. The first kappa shape index (κ1) is 19.2. The summed E-state index contributed by atoms with van der Waals surface area (Å²) in [6.45, 7) is 3.28. The standard InChI is InChI=1S/C18H19ClN4OS.ClH/c1-11-15-9-16(17(24)22-8-2-3-14(22)10-20)25-18(15)23(21-11)13-6-4-12(19)5-7-13;/h4-7,9,14H,2-3,8,10,20H2,1H3;1H. The third kappa shape index (κ3) is 3.22. The van der Waals surface area contributed by atoms with Crippen LogP contribution in [0.1, 0.15) is 28.2 Å². The van der Waals surface area contributed by atoms with Crippen LogP contribution in [0.2, 0.25) is 5.02 Å². The van der Waals surface area contributed by atoms with Gasteiger partial charge < -0.3 is 10.6 Å². The van der Waals surface area contributed by atoms with Crippen molar-refractivity contribution in [3.8, 4) is 5.69 Å². The summed E-state index contributed by atoms with van der Waals surface area (Å²) in [4.78, 5) is 16.6. The lowest BCUT2D eigenvalue weighted by molar-refractivity contribution is 0.0746. The summed E-state index contributed by atoms with van der Waals surface area (Å²) >= 11 is 7.47. The van der Waals surface area contributed by atoms with Gasteiger partial charge in [-0.25, -0.2) is 4.68 Å². The highest BCUT2D eigenvalue weighted by Gasteiger charge is 2.30. The molecule has 1 saturated heterocycles. The molecular formula is C18H20Cl2N4OS. The summed E-state index contributed by atoms with van der Waals surface area (Å²) in [5, 5.41) is 6.33. The monoisotopic (exact) mass is 410 g/mol. The van der Waals surface area contributed by atoms with Crippen molar-refractivity contribution in [3.05, 3.63) is 45.9 Å². The molecule has 1 fully saturated rings. The number of nitrogens with zero attached hydrogens (tertiary/aromatic N) is 3. The predicted octanol–water partition coefficient (Wildman–Crippen LogP) is 4.03. The van der Waals surface area contributed by atoms with Gasteiger partial charge >= 0.3 is 0 Å². The Labute approximate surface area is 167 Å². The minimum atomic E-state index is 0. The van der Waals surface area contributed by atoms with E-state index in [1.54, 1.807) is 0 Å². The SMILES string of the molecule is Cc1nn(-c2ccc(Cl)cc2)c2sc(C(=O)N3CCCC3CN)cc12.Cl. The molecule has 0 bridgehead atoms. The molecule has 3 aromatic rings. The predicted molar refractivity (Wildman–Crippen MR) is 109 cm³/mol. The summed E-state index contributed by atoms with van der Waals surface area (Å²) in [5.74, 6) is 0.0798. The van der Waals surface area contributed by atoms with E-state index >= 15 is 0 Å². The number of amides is 1. The van der Waals surface area contributed by atoms with Gasteiger partial charge in [-0.05, 0) is 50.1 Å². The van der Waals surface area contributed by atoms with Crippen molar-refractivity contribution in [2.75, 3.05) is 13.1 Å². The Kier molecular flexibility index (Phi) is 5.58. The molecule has 1 amide bonds. The highest BCUT2D eigenvalue weighted by Crippen LogP contribution is 2.32. The van der Waals surface area contributed by atoms with E-state index in [1.807, 2.05) is 46.8 Å². The first-order chi connectivity index (χ1) is 12.1. The van der Waals surface area contributed by atoms with Crippen molar-refractivity contribution in [1.82, 2.24) is 14.7 Å². The van der Waals surface area contributed by atoms with Crippen LogP contribution in [0.25, 0.3) is 15.9 Å². The normalized spacial score (nSPS) is 16.9. The van der Waals surface area contributed by atoms with Gasteiger partial charge in [0.05, 0.1) is 16.3 Å². The van der Waals surface area contributed by atoms with Gasteiger partial charge in [-0.2, -0.15) is 5.10 Å². The van der Waals surface area contributed by atoms with E-state index in [2.05, 4.69) is 5.10 Å². The first-order valence-electron chi connectivity index (χ1n) is 8.34. The Morgan fingerprint density at radius 3 is 2.81 bits per heavy atom. The lowest BCUT2D eigenvalue weighted by atomic mass is 10.2. The Morgan fingerprint density at radius 2 is 2.12 bits per heavy atom. The van der Waals surface area contributed by atoms with Crippen molar-refractivity contribution >= 4 is 51.5 Å². The second kappa shape index (κ2) is 7.56. The number of aryl methyl sites for hydroxylation is 1. The maximum Gasteiger partial charge on any atom is 0.264 e. The van der Waals surface area contributed by atoms with Gasteiger partial charge in [-0.1, -0.05) is 11.6 Å². The molecule has 5 nitrogen and oxygen atoms in total. The van der Waals surface area contributed by atoms with Gasteiger partial charge in [-0.3, -0.25) is 4.79 Å². The number of aromatic nitrogens is 2. The molecule has 2 aromatic heterocycles. The van der Waals surface area contributed by atoms with E-state index in [1.165, 1.54) is 11.3 Å². The first-order valence-corrected chi connectivity index (χ1v) is 9.54. The minimum Gasteiger partial charge on any atom is -0.334 e. The summed E-state index contributed by atoms with van der Waals surface area (Å²) in [6.07, 6.45) is 2.01. The molecule has 0 saturated carbocycles. The molecule has 8 heteroatoms. The van der Waals surface area contributed by atoms with Crippen LogP contribution in [0.3, 0.4) is 0 Å². The van der Waals surface area contributed by atoms with Crippen LogP contribution >= 0.6 is 35.3 Å². The zero-order chi connectivity index (χ0) is 17.6. The lowest BCUT2D eigenvalue weighted by Crippen LogP contribution is -2.39. The fourth-order valence-electron chi connectivity index (χ4n) is 3.40. The third-order valence-electron chi connectivity index (χ3n) is 4.74. The number of halogens is 2. The number of benzene rings is 1. The molecule has 0 spiro atoms. The van der Waals surface area contributed by atoms with Gasteiger partial charge in [0.25, 0.3) is 5.91 Å². The Bertz CT molecular complexity index is 935. The molecular weight excluding hydrogens is 391 g/mol. The molecule has 138 valence electrons. The third-order valence-corrected chi connectivity index (χ3v) is 6.09. The lowest BCUT2D eigenvalue weighted by Gasteiger charge is -2.22. The van der Waals surface area contributed by atoms with Crippen LogP contribution in [-0.2, 0) is 0 Å².